The molecule has 0 heterocycles. The van der Waals surface area contributed by atoms with Crippen LogP contribution in [-0.2, 0) is 9.53 Å². The number of methoxy groups -OCH3 is 1. The minimum atomic E-state index is -1.06. The Balaban J connectivity index is 2.05. The van der Waals surface area contributed by atoms with Gasteiger partial charge in [0.25, 0.3) is 0 Å². The van der Waals surface area contributed by atoms with Gasteiger partial charge < -0.3 is 9.47 Å². The smallest absolute Gasteiger partial charge is 0.329 e. The van der Waals surface area contributed by atoms with Gasteiger partial charge in [0.2, 0.25) is 0 Å². The first-order chi connectivity index (χ1) is 9.44. The molecular weight excluding hydrogens is 268 g/mol. The highest BCUT2D eigenvalue weighted by Gasteiger charge is 2.40. The molecule has 0 radical (unpaired) electrons. The number of nitrogens with one attached hydrogen (secondary N) is 1. The first-order valence-electron chi connectivity index (χ1n) is 6.38. The molecule has 1 unspecified atom stereocenters. The zero-order chi connectivity index (χ0) is 14.8. The maximum Gasteiger partial charge on any atom is 0.329 e. The number of benzene rings is 1. The molecule has 20 heavy (non-hydrogen) atoms. The van der Waals surface area contributed by atoms with Gasteiger partial charge in [-0.05, 0) is 31.9 Å². The van der Waals surface area contributed by atoms with Crippen molar-refractivity contribution in [1.82, 2.24) is 5.32 Å². The van der Waals surface area contributed by atoms with Crippen LogP contribution in [0.1, 0.15) is 19.8 Å². The van der Waals surface area contributed by atoms with Gasteiger partial charge in [-0.2, -0.15) is 0 Å². The van der Waals surface area contributed by atoms with E-state index in [0.29, 0.717) is 0 Å². The normalized spacial score (nSPS) is 17.4. The van der Waals surface area contributed by atoms with Crippen LogP contribution in [0.5, 0.6) is 5.75 Å². The molecule has 4 nitrogen and oxygen atoms in total. The number of hydrogen-bond donors (Lipinski definition) is 1. The van der Waals surface area contributed by atoms with E-state index in [1.54, 1.807) is 6.92 Å². The Kier molecular flexibility index (Phi) is 4.23. The molecule has 0 aliphatic heterocycles. The Morgan fingerprint density at radius 2 is 2.15 bits per heavy atom. The van der Waals surface area contributed by atoms with Crippen molar-refractivity contribution in [1.29, 1.82) is 0 Å². The van der Waals surface area contributed by atoms with E-state index in [1.807, 2.05) is 0 Å². The molecule has 2 rings (SSSR count). The lowest BCUT2D eigenvalue weighted by molar-refractivity contribution is -0.149. The van der Waals surface area contributed by atoms with Gasteiger partial charge in [0.15, 0.2) is 11.6 Å². The van der Waals surface area contributed by atoms with Crippen LogP contribution < -0.4 is 10.1 Å². The Morgan fingerprint density at radius 3 is 2.70 bits per heavy atom. The lowest BCUT2D eigenvalue weighted by atomic mass is 10.0. The number of carbonyl (C=O) groups excluding carboxylic acids is 1. The number of halogens is 2. The van der Waals surface area contributed by atoms with Crippen LogP contribution >= 0.6 is 0 Å². The highest BCUT2D eigenvalue weighted by molar-refractivity contribution is 5.80. The molecule has 1 N–H and O–H groups in total. The summed E-state index contributed by atoms with van der Waals surface area (Å²) in [6.07, 6.45) is 1.97. The van der Waals surface area contributed by atoms with Crippen LogP contribution in [0.3, 0.4) is 0 Å². The monoisotopic (exact) mass is 285 g/mol. The molecule has 6 heteroatoms. The molecule has 1 atom stereocenters. The predicted molar refractivity (Wildman–Crippen MR) is 68.4 cm³/mol. The summed E-state index contributed by atoms with van der Waals surface area (Å²) in [6, 6.07) is 3.28. The number of ether oxygens (including phenoxy) is 2. The van der Waals surface area contributed by atoms with Crippen LogP contribution in [0.25, 0.3) is 0 Å². The van der Waals surface area contributed by atoms with Gasteiger partial charge in [-0.1, -0.05) is 0 Å². The summed E-state index contributed by atoms with van der Waals surface area (Å²) in [6.45, 7) is 1.54. The second-order valence-corrected chi connectivity index (χ2v) is 5.11. The molecule has 1 aromatic rings. The van der Waals surface area contributed by atoms with Crippen LogP contribution in [0, 0.1) is 11.6 Å². The molecular formula is C14H17F2NO3. The second kappa shape index (κ2) is 5.75. The van der Waals surface area contributed by atoms with Crippen molar-refractivity contribution >= 4 is 5.97 Å². The third-order valence-corrected chi connectivity index (χ3v) is 3.15. The van der Waals surface area contributed by atoms with Gasteiger partial charge >= 0.3 is 5.97 Å². The lowest BCUT2D eigenvalue weighted by Gasteiger charge is -2.28. The molecule has 1 saturated carbocycles. The summed E-state index contributed by atoms with van der Waals surface area (Å²) in [5, 5.41) is 3.12. The summed E-state index contributed by atoms with van der Waals surface area (Å²) in [4.78, 5) is 11.8. The van der Waals surface area contributed by atoms with Crippen molar-refractivity contribution in [2.45, 2.75) is 31.3 Å². The molecule has 0 spiro atoms. The van der Waals surface area contributed by atoms with Crippen molar-refractivity contribution in [3.8, 4) is 5.75 Å². The minimum absolute atomic E-state index is 0.0980. The molecule has 110 valence electrons. The fraction of sp³-hybridized carbons (Fsp3) is 0.500. The van der Waals surface area contributed by atoms with E-state index in [1.165, 1.54) is 13.2 Å². The van der Waals surface area contributed by atoms with Gasteiger partial charge in [-0.3, -0.25) is 5.32 Å². The van der Waals surface area contributed by atoms with Gasteiger partial charge in [0.1, 0.15) is 18.0 Å². The van der Waals surface area contributed by atoms with Crippen molar-refractivity contribution in [3.05, 3.63) is 29.8 Å². The van der Waals surface area contributed by atoms with Crippen molar-refractivity contribution in [2.24, 2.45) is 0 Å². The van der Waals surface area contributed by atoms with Crippen molar-refractivity contribution in [2.75, 3.05) is 13.7 Å². The quantitative estimate of drug-likeness (QED) is 0.812. The molecule has 1 aliphatic carbocycles. The maximum absolute atomic E-state index is 13.5. The number of rotatable bonds is 6. The molecule has 1 aliphatic rings. The number of esters is 1. The van der Waals surface area contributed by atoms with E-state index in [0.717, 1.165) is 25.0 Å². The SMILES string of the molecule is COC(=O)C(C)(COc1ccc(F)cc1F)NC1CC1. The second-order valence-electron chi connectivity index (χ2n) is 5.11. The predicted octanol–water partition coefficient (Wildman–Crippen LogP) is 2.03. The fourth-order valence-electron chi connectivity index (χ4n) is 1.88. The largest absolute Gasteiger partial charge is 0.488 e. The van der Waals surface area contributed by atoms with Crippen LogP contribution in [0.15, 0.2) is 18.2 Å². The van der Waals surface area contributed by atoms with Crippen LogP contribution in [0.2, 0.25) is 0 Å². The summed E-state index contributed by atoms with van der Waals surface area (Å²) >= 11 is 0. The zero-order valence-corrected chi connectivity index (χ0v) is 11.4. The van der Waals surface area contributed by atoms with Crippen molar-refractivity contribution < 1.29 is 23.0 Å². The van der Waals surface area contributed by atoms with E-state index >= 15 is 0 Å². The maximum atomic E-state index is 13.5. The van der Waals surface area contributed by atoms with Crippen LogP contribution in [-0.4, -0.2) is 31.3 Å². The third-order valence-electron chi connectivity index (χ3n) is 3.15. The minimum Gasteiger partial charge on any atom is -0.488 e. The number of hydrogen-bond acceptors (Lipinski definition) is 4. The van der Waals surface area contributed by atoms with E-state index < -0.39 is 23.1 Å². The van der Waals surface area contributed by atoms with E-state index in [-0.39, 0.29) is 18.4 Å². The van der Waals surface area contributed by atoms with E-state index in [9.17, 15) is 13.6 Å². The number of carbonyl (C=O) groups is 1. The van der Waals surface area contributed by atoms with Gasteiger partial charge in [-0.25, -0.2) is 13.6 Å². The summed E-state index contributed by atoms with van der Waals surface area (Å²) < 4.78 is 36.3. The highest BCUT2D eigenvalue weighted by Crippen LogP contribution is 2.25. The molecule has 0 bridgehead atoms. The molecule has 0 amide bonds. The molecule has 1 fully saturated rings. The summed E-state index contributed by atoms with van der Waals surface area (Å²) in [7, 11) is 1.29. The average Bonchev–Trinajstić information content (AvgIpc) is 3.20. The molecule has 0 aromatic heterocycles. The topological polar surface area (TPSA) is 47.6 Å². The highest BCUT2D eigenvalue weighted by atomic mass is 19.1. The Hall–Kier alpha value is -1.69. The van der Waals surface area contributed by atoms with Crippen LogP contribution in [0.4, 0.5) is 8.78 Å². The zero-order valence-electron chi connectivity index (χ0n) is 11.4. The summed E-state index contributed by atoms with van der Waals surface area (Å²) in [5.41, 5.74) is -1.06. The first kappa shape index (κ1) is 14.7. The molecule has 1 aromatic carbocycles. The van der Waals surface area contributed by atoms with Gasteiger partial charge in [0, 0.05) is 12.1 Å². The van der Waals surface area contributed by atoms with Crippen molar-refractivity contribution in [3.63, 3.8) is 0 Å². The first-order valence-corrected chi connectivity index (χ1v) is 6.38. The van der Waals surface area contributed by atoms with Gasteiger partial charge in [0.05, 0.1) is 7.11 Å². The van der Waals surface area contributed by atoms with Gasteiger partial charge in [-0.15, -0.1) is 0 Å². The van der Waals surface area contributed by atoms with E-state index in [2.05, 4.69) is 5.32 Å². The molecule has 0 saturated heterocycles. The van der Waals surface area contributed by atoms with E-state index in [4.69, 9.17) is 9.47 Å². The Morgan fingerprint density at radius 1 is 1.45 bits per heavy atom. The summed E-state index contributed by atoms with van der Waals surface area (Å²) in [5.74, 6) is -2.06. The fourth-order valence-corrected chi connectivity index (χ4v) is 1.88. The lowest BCUT2D eigenvalue weighted by Crippen LogP contribution is -2.55. The Bertz CT molecular complexity index is 505. The average molecular weight is 285 g/mol. The standard InChI is InChI=1S/C14H17F2NO3/c1-14(13(18)19-2,17-10-4-5-10)8-20-12-6-3-9(15)7-11(12)16/h3,6-7,10,17H,4-5,8H2,1-2H3. The Labute approximate surface area is 116 Å². The third kappa shape index (κ3) is 3.45.